The fraction of sp³-hybridized carbons (Fsp3) is 0.500. The van der Waals surface area contributed by atoms with E-state index in [4.69, 9.17) is 10.5 Å². The van der Waals surface area contributed by atoms with Gasteiger partial charge in [-0.2, -0.15) is 5.10 Å². The fourth-order valence-electron chi connectivity index (χ4n) is 2.34. The summed E-state index contributed by atoms with van der Waals surface area (Å²) >= 11 is 0. The molecule has 21 heavy (non-hydrogen) atoms. The molecule has 7 heteroatoms. The number of aromatic nitrogens is 4. The fourth-order valence-corrected chi connectivity index (χ4v) is 2.34. The van der Waals surface area contributed by atoms with Crippen molar-refractivity contribution in [3.8, 4) is 0 Å². The Bertz CT molecular complexity index is 629. The molecule has 0 bridgehead atoms. The molecule has 0 unspecified atom stereocenters. The number of nitrogens with one attached hydrogen (secondary N) is 1. The van der Waals surface area contributed by atoms with Crippen LogP contribution < -0.4 is 5.73 Å². The quantitative estimate of drug-likeness (QED) is 0.785. The maximum Gasteiger partial charge on any atom is 0.360 e. The first-order valence-electron chi connectivity index (χ1n) is 7.00. The van der Waals surface area contributed by atoms with E-state index in [2.05, 4.69) is 15.2 Å². The number of hydrogen-bond acceptors (Lipinski definition) is 5. The predicted octanol–water partition coefficient (Wildman–Crippen LogP) is 1.48. The molecule has 0 spiro atoms. The van der Waals surface area contributed by atoms with Crippen molar-refractivity contribution in [1.29, 1.82) is 0 Å². The van der Waals surface area contributed by atoms with Crippen molar-refractivity contribution >= 4 is 11.8 Å². The van der Waals surface area contributed by atoms with Gasteiger partial charge in [-0.1, -0.05) is 6.92 Å². The van der Waals surface area contributed by atoms with Gasteiger partial charge in [-0.05, 0) is 25.3 Å². The van der Waals surface area contributed by atoms with Crippen molar-refractivity contribution in [2.24, 2.45) is 0 Å². The van der Waals surface area contributed by atoms with Crippen molar-refractivity contribution < 1.29 is 9.53 Å². The summed E-state index contributed by atoms with van der Waals surface area (Å²) < 4.78 is 6.59. The number of carbonyl (C=O) groups excluding carboxylic acids is 1. The molecule has 0 saturated heterocycles. The van der Waals surface area contributed by atoms with E-state index in [0.29, 0.717) is 18.8 Å². The Balaban J connectivity index is 2.10. The van der Waals surface area contributed by atoms with Gasteiger partial charge in [0.15, 0.2) is 5.69 Å². The molecule has 0 aliphatic heterocycles. The number of imidazole rings is 1. The lowest BCUT2D eigenvalue weighted by atomic mass is 10.1. The van der Waals surface area contributed by atoms with Gasteiger partial charge in [0.1, 0.15) is 11.6 Å². The number of esters is 1. The molecule has 0 fully saturated rings. The Morgan fingerprint density at radius 3 is 2.86 bits per heavy atom. The second-order valence-corrected chi connectivity index (χ2v) is 4.88. The van der Waals surface area contributed by atoms with E-state index in [1.54, 1.807) is 0 Å². The highest BCUT2D eigenvalue weighted by Crippen LogP contribution is 2.18. The number of anilines is 1. The molecule has 0 aliphatic rings. The van der Waals surface area contributed by atoms with Crippen molar-refractivity contribution in [3.05, 3.63) is 29.0 Å². The van der Waals surface area contributed by atoms with Gasteiger partial charge in [0.25, 0.3) is 0 Å². The molecule has 0 radical (unpaired) electrons. The Morgan fingerprint density at radius 2 is 2.29 bits per heavy atom. The van der Waals surface area contributed by atoms with E-state index in [-0.39, 0.29) is 5.69 Å². The van der Waals surface area contributed by atoms with E-state index < -0.39 is 5.97 Å². The average Bonchev–Trinajstić information content (AvgIpc) is 3.03. The van der Waals surface area contributed by atoms with Crippen LogP contribution in [0.3, 0.4) is 0 Å². The third-order valence-corrected chi connectivity index (χ3v) is 3.54. The number of methoxy groups -OCH3 is 1. The van der Waals surface area contributed by atoms with Crippen LogP contribution in [-0.2, 0) is 24.1 Å². The second kappa shape index (κ2) is 6.43. The molecule has 7 nitrogen and oxygen atoms in total. The van der Waals surface area contributed by atoms with Gasteiger partial charge in [0.2, 0.25) is 0 Å². The summed E-state index contributed by atoms with van der Waals surface area (Å²) in [5.41, 5.74) is 8.51. The summed E-state index contributed by atoms with van der Waals surface area (Å²) in [4.78, 5) is 15.9. The number of carbonyl (C=O) groups is 1. The molecule has 2 aromatic heterocycles. The van der Waals surface area contributed by atoms with Crippen molar-refractivity contribution in [2.75, 3.05) is 12.8 Å². The van der Waals surface area contributed by atoms with Gasteiger partial charge in [-0.15, -0.1) is 0 Å². The van der Waals surface area contributed by atoms with Crippen LogP contribution in [0.15, 0.2) is 6.20 Å². The summed E-state index contributed by atoms with van der Waals surface area (Å²) in [5.74, 6) is 0.686. The number of aromatic amines is 1. The maximum absolute atomic E-state index is 11.6. The van der Waals surface area contributed by atoms with Gasteiger partial charge in [0, 0.05) is 18.7 Å². The lowest BCUT2D eigenvalue weighted by Gasteiger charge is -2.08. The van der Waals surface area contributed by atoms with Crippen LogP contribution in [0.4, 0.5) is 5.82 Å². The molecule has 0 aromatic carbocycles. The number of hydrogen-bond donors (Lipinski definition) is 2. The molecule has 0 atom stereocenters. The zero-order valence-corrected chi connectivity index (χ0v) is 12.6. The van der Waals surface area contributed by atoms with Crippen molar-refractivity contribution in [3.63, 3.8) is 0 Å². The number of rotatable bonds is 6. The van der Waals surface area contributed by atoms with E-state index in [1.807, 2.05) is 24.6 Å². The first kappa shape index (κ1) is 15.1. The highest BCUT2D eigenvalue weighted by Gasteiger charge is 2.19. The lowest BCUT2D eigenvalue weighted by Crippen LogP contribution is -2.10. The van der Waals surface area contributed by atoms with Crippen molar-refractivity contribution in [2.45, 2.75) is 39.7 Å². The number of nitrogens with zero attached hydrogens (tertiary/aromatic N) is 3. The van der Waals surface area contributed by atoms with Gasteiger partial charge < -0.3 is 15.0 Å². The smallest absolute Gasteiger partial charge is 0.360 e. The third kappa shape index (κ3) is 3.07. The molecule has 114 valence electrons. The zero-order chi connectivity index (χ0) is 15.4. The minimum absolute atomic E-state index is 0.203. The molecule has 2 aromatic rings. The van der Waals surface area contributed by atoms with Gasteiger partial charge in [-0.25, -0.2) is 9.78 Å². The molecular formula is C14H21N5O2. The summed E-state index contributed by atoms with van der Waals surface area (Å²) in [6.45, 7) is 4.70. The van der Waals surface area contributed by atoms with Crippen LogP contribution in [0.1, 0.15) is 40.9 Å². The van der Waals surface area contributed by atoms with Crippen LogP contribution >= 0.6 is 0 Å². The van der Waals surface area contributed by atoms with E-state index in [9.17, 15) is 4.79 Å². The Labute approximate surface area is 123 Å². The largest absolute Gasteiger partial charge is 0.464 e. The predicted molar refractivity (Wildman–Crippen MR) is 79.0 cm³/mol. The Morgan fingerprint density at radius 1 is 1.52 bits per heavy atom. The topological polar surface area (TPSA) is 98.8 Å². The Hall–Kier alpha value is -2.31. The molecule has 2 heterocycles. The summed E-state index contributed by atoms with van der Waals surface area (Å²) in [6, 6.07) is 0. The summed E-state index contributed by atoms with van der Waals surface area (Å²) in [6.07, 6.45) is 4.35. The standard InChI is InChI=1S/C14H21N5O2/c1-4-11-17-12(14(20)21-3)13(15)19(11)7-5-6-10-8-16-18-9(10)2/h8H,4-7,15H2,1-3H3,(H,16,18). The van der Waals surface area contributed by atoms with Gasteiger partial charge in [-0.3, -0.25) is 5.10 Å². The van der Waals surface area contributed by atoms with Crippen LogP contribution in [0.25, 0.3) is 0 Å². The molecule has 0 amide bonds. The van der Waals surface area contributed by atoms with Crippen molar-refractivity contribution in [1.82, 2.24) is 19.7 Å². The average molecular weight is 291 g/mol. The minimum Gasteiger partial charge on any atom is -0.464 e. The highest BCUT2D eigenvalue weighted by molar-refractivity contribution is 5.92. The van der Waals surface area contributed by atoms with Crippen LogP contribution in [-0.4, -0.2) is 32.8 Å². The molecule has 2 rings (SSSR count). The maximum atomic E-state index is 11.6. The minimum atomic E-state index is -0.494. The second-order valence-electron chi connectivity index (χ2n) is 4.88. The number of nitrogens with two attached hydrogens (primary N) is 1. The normalized spacial score (nSPS) is 10.8. The van der Waals surface area contributed by atoms with Gasteiger partial charge in [0.05, 0.1) is 13.3 Å². The molecular weight excluding hydrogens is 270 g/mol. The van der Waals surface area contributed by atoms with E-state index in [0.717, 1.165) is 24.4 Å². The number of H-pyrrole nitrogens is 1. The molecule has 3 N–H and O–H groups in total. The first-order valence-corrected chi connectivity index (χ1v) is 7.00. The third-order valence-electron chi connectivity index (χ3n) is 3.54. The van der Waals surface area contributed by atoms with Crippen LogP contribution in [0.2, 0.25) is 0 Å². The molecule has 0 saturated carbocycles. The molecule has 0 aliphatic carbocycles. The Kier molecular flexibility index (Phi) is 4.62. The summed E-state index contributed by atoms with van der Waals surface area (Å²) in [7, 11) is 1.33. The lowest BCUT2D eigenvalue weighted by molar-refractivity contribution is 0.0595. The van der Waals surface area contributed by atoms with Crippen LogP contribution in [0, 0.1) is 6.92 Å². The number of ether oxygens (including phenoxy) is 1. The monoisotopic (exact) mass is 291 g/mol. The zero-order valence-electron chi connectivity index (χ0n) is 12.6. The van der Waals surface area contributed by atoms with Crippen LogP contribution in [0.5, 0.6) is 0 Å². The van der Waals surface area contributed by atoms with E-state index >= 15 is 0 Å². The first-order chi connectivity index (χ1) is 10.1. The van der Waals surface area contributed by atoms with Gasteiger partial charge >= 0.3 is 5.97 Å². The highest BCUT2D eigenvalue weighted by atomic mass is 16.5. The summed E-state index contributed by atoms with van der Waals surface area (Å²) in [5, 5.41) is 6.93. The van der Waals surface area contributed by atoms with E-state index in [1.165, 1.54) is 12.7 Å². The SMILES string of the molecule is CCc1nc(C(=O)OC)c(N)n1CCCc1cn[nH]c1C. The number of aryl methyl sites for hydroxylation is 3. The number of nitrogen functional groups attached to an aromatic ring is 1.